The second-order valence-electron chi connectivity index (χ2n) is 8.32. The summed E-state index contributed by atoms with van der Waals surface area (Å²) in [6, 6.07) is 2.23. The number of hydrogen-bond donors (Lipinski definition) is 1. The van der Waals surface area contributed by atoms with E-state index in [4.69, 9.17) is 0 Å². The molecule has 0 aromatic carbocycles. The molecule has 1 aromatic heterocycles. The number of anilines is 2. The largest absolute Gasteiger partial charge is 0.370 e. The maximum atomic E-state index is 4.40. The van der Waals surface area contributed by atoms with Gasteiger partial charge in [0.25, 0.3) is 0 Å². The van der Waals surface area contributed by atoms with Crippen LogP contribution in [-0.2, 0) is 0 Å². The summed E-state index contributed by atoms with van der Waals surface area (Å²) in [4.78, 5) is 2.44. The fourth-order valence-corrected chi connectivity index (χ4v) is 6.10. The van der Waals surface area contributed by atoms with Gasteiger partial charge in [-0.2, -0.15) is 5.10 Å². The summed E-state index contributed by atoms with van der Waals surface area (Å²) < 4.78 is 0. The van der Waals surface area contributed by atoms with Crippen LogP contribution in [0.15, 0.2) is 12.3 Å². The van der Waals surface area contributed by atoms with Crippen LogP contribution in [0, 0.1) is 17.8 Å². The Hall–Kier alpha value is -1.32. The Labute approximate surface area is 132 Å². The van der Waals surface area contributed by atoms with Gasteiger partial charge in [-0.25, -0.2) is 0 Å². The van der Waals surface area contributed by atoms with Gasteiger partial charge < -0.3 is 10.2 Å². The molecule has 4 bridgehead atoms. The summed E-state index contributed by atoms with van der Waals surface area (Å²) >= 11 is 0. The molecule has 2 heterocycles. The first-order valence-electron chi connectivity index (χ1n) is 9.14. The molecule has 4 nitrogen and oxygen atoms in total. The molecule has 4 saturated carbocycles. The highest BCUT2D eigenvalue weighted by atomic mass is 15.2. The first-order chi connectivity index (χ1) is 10.8. The van der Waals surface area contributed by atoms with Gasteiger partial charge in [-0.15, -0.1) is 5.10 Å². The Kier molecular flexibility index (Phi) is 2.89. The Balaban J connectivity index is 1.38. The van der Waals surface area contributed by atoms with Gasteiger partial charge in [0, 0.05) is 24.7 Å². The smallest absolute Gasteiger partial charge is 0.151 e. The van der Waals surface area contributed by atoms with E-state index in [1.54, 1.807) is 0 Å². The molecule has 4 heteroatoms. The van der Waals surface area contributed by atoms with Crippen LogP contribution < -0.4 is 10.2 Å². The van der Waals surface area contributed by atoms with E-state index < -0.39 is 0 Å². The molecule has 5 aliphatic rings. The second kappa shape index (κ2) is 4.84. The summed E-state index contributed by atoms with van der Waals surface area (Å²) in [7, 11) is 0. The van der Waals surface area contributed by atoms with Gasteiger partial charge in [0.15, 0.2) is 5.82 Å². The lowest BCUT2D eigenvalue weighted by Crippen LogP contribution is -2.54. The molecule has 0 amide bonds. The highest BCUT2D eigenvalue weighted by Gasteiger charge is 2.51. The Morgan fingerprint density at radius 3 is 2.27 bits per heavy atom. The van der Waals surface area contributed by atoms with E-state index in [9.17, 15) is 0 Å². The van der Waals surface area contributed by atoms with Crippen LogP contribution in [0.5, 0.6) is 0 Å². The summed E-state index contributed by atoms with van der Waals surface area (Å²) in [6.45, 7) is 2.34. The quantitative estimate of drug-likeness (QED) is 0.928. The highest BCUT2D eigenvalue weighted by Crippen LogP contribution is 2.56. The van der Waals surface area contributed by atoms with Crippen molar-refractivity contribution in [2.75, 3.05) is 23.3 Å². The Morgan fingerprint density at radius 2 is 1.64 bits per heavy atom. The van der Waals surface area contributed by atoms with E-state index in [1.807, 2.05) is 6.20 Å². The van der Waals surface area contributed by atoms with E-state index in [2.05, 4.69) is 26.5 Å². The van der Waals surface area contributed by atoms with Crippen molar-refractivity contribution in [3.63, 3.8) is 0 Å². The van der Waals surface area contributed by atoms with E-state index in [1.165, 1.54) is 70.1 Å². The average molecular weight is 298 g/mol. The average Bonchev–Trinajstić information content (AvgIpc) is 2.99. The van der Waals surface area contributed by atoms with Gasteiger partial charge in [-0.3, -0.25) is 0 Å². The lowest BCUT2D eigenvalue weighted by atomic mass is 9.53. The van der Waals surface area contributed by atoms with Gasteiger partial charge in [0.2, 0.25) is 0 Å². The Bertz CT molecular complexity index is 529. The topological polar surface area (TPSA) is 41.1 Å². The lowest BCUT2D eigenvalue weighted by Gasteiger charge is -2.57. The number of rotatable bonds is 3. The van der Waals surface area contributed by atoms with Gasteiger partial charge in [-0.1, -0.05) is 0 Å². The van der Waals surface area contributed by atoms with Crippen molar-refractivity contribution in [3.05, 3.63) is 12.3 Å². The third-order valence-electron chi connectivity index (χ3n) is 6.54. The molecule has 5 fully saturated rings. The van der Waals surface area contributed by atoms with Gasteiger partial charge in [0.1, 0.15) is 0 Å². The van der Waals surface area contributed by atoms with Crippen molar-refractivity contribution in [1.29, 1.82) is 0 Å². The fourth-order valence-electron chi connectivity index (χ4n) is 6.10. The van der Waals surface area contributed by atoms with Crippen LogP contribution in [-0.4, -0.2) is 28.8 Å². The van der Waals surface area contributed by atoms with Crippen molar-refractivity contribution < 1.29 is 0 Å². The zero-order valence-corrected chi connectivity index (χ0v) is 13.3. The SMILES string of the molecule is c1nnc(NC23CC4CC(CC(C4)C2)C3)cc1N1CCCC1. The van der Waals surface area contributed by atoms with Crippen molar-refractivity contribution in [2.45, 2.75) is 56.9 Å². The second-order valence-corrected chi connectivity index (χ2v) is 8.32. The molecule has 1 aliphatic heterocycles. The molecule has 22 heavy (non-hydrogen) atoms. The Morgan fingerprint density at radius 1 is 1.00 bits per heavy atom. The van der Waals surface area contributed by atoms with E-state index in [-0.39, 0.29) is 0 Å². The molecule has 0 atom stereocenters. The molecular weight excluding hydrogens is 272 g/mol. The zero-order valence-electron chi connectivity index (χ0n) is 13.3. The first kappa shape index (κ1) is 13.1. The van der Waals surface area contributed by atoms with E-state index in [0.29, 0.717) is 5.54 Å². The maximum absolute atomic E-state index is 4.40. The van der Waals surface area contributed by atoms with Crippen LogP contribution in [0.4, 0.5) is 11.5 Å². The van der Waals surface area contributed by atoms with E-state index >= 15 is 0 Å². The third kappa shape index (κ3) is 2.19. The van der Waals surface area contributed by atoms with Crippen LogP contribution >= 0.6 is 0 Å². The molecule has 1 saturated heterocycles. The molecule has 0 spiro atoms. The molecule has 118 valence electrons. The zero-order chi connectivity index (χ0) is 14.6. The van der Waals surface area contributed by atoms with E-state index in [0.717, 1.165) is 23.6 Å². The number of aromatic nitrogens is 2. The first-order valence-corrected chi connectivity index (χ1v) is 9.14. The van der Waals surface area contributed by atoms with Gasteiger partial charge in [-0.05, 0) is 69.1 Å². The van der Waals surface area contributed by atoms with Crippen LogP contribution in [0.1, 0.15) is 51.4 Å². The molecular formula is C18H26N4. The summed E-state index contributed by atoms with van der Waals surface area (Å²) in [6.07, 6.45) is 13.1. The highest BCUT2D eigenvalue weighted by molar-refractivity contribution is 5.53. The summed E-state index contributed by atoms with van der Waals surface area (Å²) in [5.41, 5.74) is 1.58. The molecule has 0 unspecified atom stereocenters. The summed E-state index contributed by atoms with van der Waals surface area (Å²) in [5.74, 6) is 3.90. The lowest BCUT2D eigenvalue weighted by molar-refractivity contribution is 0.0105. The van der Waals surface area contributed by atoms with Crippen molar-refractivity contribution in [2.24, 2.45) is 17.8 Å². The standard InChI is InChI=1S/C18H26N4/c1-2-4-22(3-1)16-8-17(21-19-12-16)20-18-9-13-5-14(10-18)7-15(6-13)11-18/h8,12-15H,1-7,9-11H2,(H,20,21). The number of hydrogen-bond acceptors (Lipinski definition) is 4. The predicted molar refractivity (Wildman–Crippen MR) is 88.0 cm³/mol. The predicted octanol–water partition coefficient (Wildman–Crippen LogP) is 3.46. The molecule has 0 radical (unpaired) electrons. The van der Waals surface area contributed by atoms with Crippen LogP contribution in [0.3, 0.4) is 0 Å². The minimum atomic E-state index is 0.326. The third-order valence-corrected chi connectivity index (χ3v) is 6.54. The maximum Gasteiger partial charge on any atom is 0.151 e. The molecule has 6 rings (SSSR count). The minimum Gasteiger partial charge on any atom is -0.370 e. The van der Waals surface area contributed by atoms with Crippen molar-refractivity contribution in [3.8, 4) is 0 Å². The van der Waals surface area contributed by atoms with Crippen molar-refractivity contribution in [1.82, 2.24) is 10.2 Å². The molecule has 4 aliphatic carbocycles. The monoisotopic (exact) mass is 298 g/mol. The molecule has 1 N–H and O–H groups in total. The number of nitrogens with zero attached hydrogens (tertiary/aromatic N) is 3. The van der Waals surface area contributed by atoms with Gasteiger partial charge in [0.05, 0.1) is 11.9 Å². The normalized spacial score (nSPS) is 39.5. The summed E-state index contributed by atoms with van der Waals surface area (Å²) in [5, 5.41) is 12.5. The van der Waals surface area contributed by atoms with Crippen molar-refractivity contribution >= 4 is 11.5 Å². The van der Waals surface area contributed by atoms with Crippen LogP contribution in [0.25, 0.3) is 0 Å². The fraction of sp³-hybridized carbons (Fsp3) is 0.778. The number of nitrogens with one attached hydrogen (secondary N) is 1. The minimum absolute atomic E-state index is 0.326. The molecule has 1 aromatic rings. The van der Waals surface area contributed by atoms with Crippen LogP contribution in [0.2, 0.25) is 0 Å². The van der Waals surface area contributed by atoms with Gasteiger partial charge >= 0.3 is 0 Å².